The second-order valence-corrected chi connectivity index (χ2v) is 4.12. The second kappa shape index (κ2) is 6.24. The van der Waals surface area contributed by atoms with Crippen LogP contribution in [-0.4, -0.2) is 9.55 Å². The molecular weight excluding hydrogens is 208 g/mol. The van der Waals surface area contributed by atoms with E-state index in [4.69, 9.17) is 0 Å². The molecule has 92 valence electrons. The van der Waals surface area contributed by atoms with Gasteiger partial charge in [-0.25, -0.2) is 4.98 Å². The Balaban J connectivity index is 0.000000686. The van der Waals surface area contributed by atoms with Crippen LogP contribution in [0.2, 0.25) is 0 Å². The summed E-state index contributed by atoms with van der Waals surface area (Å²) in [6, 6.07) is 10.3. The number of aromatic nitrogens is 2. The van der Waals surface area contributed by atoms with Crippen molar-refractivity contribution in [2.75, 3.05) is 0 Å². The summed E-state index contributed by atoms with van der Waals surface area (Å²) in [6.45, 7) is 8.33. The molecule has 17 heavy (non-hydrogen) atoms. The third-order valence-corrected chi connectivity index (χ3v) is 2.50. The van der Waals surface area contributed by atoms with Crippen LogP contribution >= 0.6 is 0 Å². The van der Waals surface area contributed by atoms with Crippen molar-refractivity contribution in [2.24, 2.45) is 7.05 Å². The zero-order valence-electron chi connectivity index (χ0n) is 11.4. The van der Waals surface area contributed by atoms with E-state index in [9.17, 15) is 0 Å². The third kappa shape index (κ3) is 3.19. The molecule has 0 amide bonds. The first-order chi connectivity index (χ1) is 8.18. The van der Waals surface area contributed by atoms with E-state index in [-0.39, 0.29) is 0 Å². The lowest BCUT2D eigenvalue weighted by atomic mass is 10.2. The number of hydrogen-bond acceptors (Lipinski definition) is 1. The lowest BCUT2D eigenvalue weighted by Gasteiger charge is -2.02. The van der Waals surface area contributed by atoms with E-state index in [1.165, 1.54) is 5.56 Å². The standard InChI is InChI=1S/C13H16N2.C2H6/c1-10(2)13-14-12(9-15(13)3)11-7-5-4-6-8-11;1-2/h4-10H,1-3H3;1-2H3. The Bertz CT molecular complexity index is 441. The fourth-order valence-electron chi connectivity index (χ4n) is 1.77. The second-order valence-electron chi connectivity index (χ2n) is 4.12. The predicted molar refractivity (Wildman–Crippen MR) is 74.1 cm³/mol. The maximum Gasteiger partial charge on any atom is 0.111 e. The van der Waals surface area contributed by atoms with Crippen LogP contribution in [0.1, 0.15) is 39.4 Å². The Morgan fingerprint density at radius 3 is 2.12 bits per heavy atom. The van der Waals surface area contributed by atoms with Crippen LogP contribution in [0.15, 0.2) is 36.5 Å². The summed E-state index contributed by atoms with van der Waals surface area (Å²) in [5.74, 6) is 1.60. The van der Waals surface area contributed by atoms with Crippen molar-refractivity contribution in [1.82, 2.24) is 9.55 Å². The summed E-state index contributed by atoms with van der Waals surface area (Å²) in [5, 5.41) is 0. The van der Waals surface area contributed by atoms with Crippen molar-refractivity contribution in [3.8, 4) is 11.3 Å². The van der Waals surface area contributed by atoms with Gasteiger partial charge in [-0.1, -0.05) is 58.0 Å². The molecule has 0 aliphatic rings. The van der Waals surface area contributed by atoms with Crippen molar-refractivity contribution >= 4 is 0 Å². The van der Waals surface area contributed by atoms with E-state index in [1.54, 1.807) is 0 Å². The SMILES string of the molecule is CC.CC(C)c1nc(-c2ccccc2)cn1C. The summed E-state index contributed by atoms with van der Waals surface area (Å²) in [5.41, 5.74) is 2.24. The molecule has 2 heteroatoms. The van der Waals surface area contributed by atoms with Gasteiger partial charge in [-0.3, -0.25) is 0 Å². The van der Waals surface area contributed by atoms with E-state index in [1.807, 2.05) is 32.0 Å². The molecule has 0 unspecified atom stereocenters. The van der Waals surface area contributed by atoms with Gasteiger partial charge in [-0.2, -0.15) is 0 Å². The Morgan fingerprint density at radius 2 is 1.65 bits per heavy atom. The first kappa shape index (κ1) is 13.5. The third-order valence-electron chi connectivity index (χ3n) is 2.50. The van der Waals surface area contributed by atoms with Gasteiger partial charge in [0.25, 0.3) is 0 Å². The summed E-state index contributed by atoms with van der Waals surface area (Å²) < 4.78 is 2.10. The van der Waals surface area contributed by atoms with E-state index in [0.29, 0.717) is 5.92 Å². The molecule has 0 bridgehead atoms. The molecule has 2 aromatic rings. The largest absolute Gasteiger partial charge is 0.337 e. The molecule has 1 aromatic heterocycles. The maximum absolute atomic E-state index is 4.64. The molecule has 1 aromatic carbocycles. The molecule has 0 atom stereocenters. The number of aryl methyl sites for hydroxylation is 1. The minimum atomic E-state index is 0.465. The number of nitrogens with zero attached hydrogens (tertiary/aromatic N) is 2. The topological polar surface area (TPSA) is 17.8 Å². The smallest absolute Gasteiger partial charge is 0.111 e. The van der Waals surface area contributed by atoms with Crippen LogP contribution in [0.5, 0.6) is 0 Å². The summed E-state index contributed by atoms with van der Waals surface area (Å²) >= 11 is 0. The number of imidazole rings is 1. The van der Waals surface area contributed by atoms with Crippen LogP contribution in [0.4, 0.5) is 0 Å². The van der Waals surface area contributed by atoms with E-state index in [2.05, 4.69) is 48.8 Å². The highest BCUT2D eigenvalue weighted by Crippen LogP contribution is 2.21. The van der Waals surface area contributed by atoms with Crippen molar-refractivity contribution in [2.45, 2.75) is 33.6 Å². The minimum absolute atomic E-state index is 0.465. The molecule has 0 saturated carbocycles. The molecule has 2 rings (SSSR count). The lowest BCUT2D eigenvalue weighted by molar-refractivity contribution is 0.711. The van der Waals surface area contributed by atoms with Gasteiger partial charge in [0.15, 0.2) is 0 Å². The van der Waals surface area contributed by atoms with Crippen LogP contribution in [-0.2, 0) is 7.05 Å². The van der Waals surface area contributed by atoms with Gasteiger partial charge in [0.1, 0.15) is 5.82 Å². The van der Waals surface area contributed by atoms with E-state index >= 15 is 0 Å². The molecule has 0 saturated heterocycles. The molecule has 2 nitrogen and oxygen atoms in total. The fourth-order valence-corrected chi connectivity index (χ4v) is 1.77. The lowest BCUT2D eigenvalue weighted by Crippen LogP contribution is -1.98. The first-order valence-electron chi connectivity index (χ1n) is 6.27. The Morgan fingerprint density at radius 1 is 1.06 bits per heavy atom. The molecule has 0 fully saturated rings. The van der Waals surface area contributed by atoms with Crippen molar-refractivity contribution in [3.63, 3.8) is 0 Å². The monoisotopic (exact) mass is 230 g/mol. The number of benzene rings is 1. The van der Waals surface area contributed by atoms with Gasteiger partial charge in [-0.15, -0.1) is 0 Å². The normalized spacial score (nSPS) is 10.0. The van der Waals surface area contributed by atoms with Crippen LogP contribution in [0.25, 0.3) is 11.3 Å². The van der Waals surface area contributed by atoms with E-state index in [0.717, 1.165) is 11.5 Å². The molecular formula is C15H22N2. The average molecular weight is 230 g/mol. The van der Waals surface area contributed by atoms with Gasteiger partial charge in [0.2, 0.25) is 0 Å². The van der Waals surface area contributed by atoms with Gasteiger partial charge in [-0.05, 0) is 0 Å². The average Bonchev–Trinajstić information content (AvgIpc) is 2.75. The first-order valence-corrected chi connectivity index (χ1v) is 6.27. The zero-order chi connectivity index (χ0) is 12.8. The van der Waals surface area contributed by atoms with Gasteiger partial charge >= 0.3 is 0 Å². The molecule has 1 heterocycles. The molecule has 0 aliphatic heterocycles. The highest BCUT2D eigenvalue weighted by molar-refractivity contribution is 5.58. The van der Waals surface area contributed by atoms with Crippen molar-refractivity contribution in [1.29, 1.82) is 0 Å². The summed E-state index contributed by atoms with van der Waals surface area (Å²) in [6.07, 6.45) is 2.09. The Hall–Kier alpha value is -1.57. The van der Waals surface area contributed by atoms with E-state index < -0.39 is 0 Å². The Kier molecular flexibility index (Phi) is 4.95. The minimum Gasteiger partial charge on any atom is -0.337 e. The number of hydrogen-bond donors (Lipinski definition) is 0. The maximum atomic E-state index is 4.64. The quantitative estimate of drug-likeness (QED) is 0.754. The number of rotatable bonds is 2. The van der Waals surface area contributed by atoms with Crippen molar-refractivity contribution in [3.05, 3.63) is 42.4 Å². The molecule has 0 radical (unpaired) electrons. The van der Waals surface area contributed by atoms with Crippen LogP contribution < -0.4 is 0 Å². The fraction of sp³-hybridized carbons (Fsp3) is 0.400. The molecule has 0 N–H and O–H groups in total. The summed E-state index contributed by atoms with van der Waals surface area (Å²) in [7, 11) is 2.05. The van der Waals surface area contributed by atoms with Gasteiger partial charge in [0, 0.05) is 24.7 Å². The van der Waals surface area contributed by atoms with Crippen LogP contribution in [0, 0.1) is 0 Å². The van der Waals surface area contributed by atoms with Crippen molar-refractivity contribution < 1.29 is 0 Å². The highest BCUT2D eigenvalue weighted by atomic mass is 15.0. The van der Waals surface area contributed by atoms with Crippen LogP contribution in [0.3, 0.4) is 0 Å². The highest BCUT2D eigenvalue weighted by Gasteiger charge is 2.09. The van der Waals surface area contributed by atoms with Gasteiger partial charge < -0.3 is 4.57 Å². The zero-order valence-corrected chi connectivity index (χ0v) is 11.4. The predicted octanol–water partition coefficient (Wildman–Crippen LogP) is 4.24. The molecule has 0 spiro atoms. The molecule has 0 aliphatic carbocycles. The summed E-state index contributed by atoms with van der Waals surface area (Å²) in [4.78, 5) is 4.64. The van der Waals surface area contributed by atoms with Gasteiger partial charge in [0.05, 0.1) is 5.69 Å². The Labute approximate surface area is 104 Å².